The highest BCUT2D eigenvalue weighted by molar-refractivity contribution is 6.05. The number of fused-ring (bicyclic) bond motifs is 3. The van der Waals surface area contributed by atoms with E-state index in [4.69, 9.17) is 0 Å². The maximum atomic E-state index is 13.3. The number of hydrogen-bond donors (Lipinski definition) is 1. The van der Waals surface area contributed by atoms with Crippen LogP contribution >= 0.6 is 0 Å². The summed E-state index contributed by atoms with van der Waals surface area (Å²) < 4.78 is 0. The van der Waals surface area contributed by atoms with Gasteiger partial charge in [0.15, 0.2) is 0 Å². The molecule has 46 heavy (non-hydrogen) atoms. The summed E-state index contributed by atoms with van der Waals surface area (Å²) in [5.41, 5.74) is 9.12. The van der Waals surface area contributed by atoms with Gasteiger partial charge in [-0.2, -0.15) is 0 Å². The first-order valence-corrected chi connectivity index (χ1v) is 15.9. The summed E-state index contributed by atoms with van der Waals surface area (Å²) >= 11 is 0. The van der Waals surface area contributed by atoms with Gasteiger partial charge in [-0.25, -0.2) is 0 Å². The predicted molar refractivity (Wildman–Crippen MR) is 172 cm³/mol. The second kappa shape index (κ2) is 11.8. The van der Waals surface area contributed by atoms with Gasteiger partial charge in [-0.3, -0.25) is 34.2 Å². The van der Waals surface area contributed by atoms with Gasteiger partial charge in [0, 0.05) is 76.5 Å². The van der Waals surface area contributed by atoms with Crippen LogP contribution < -0.4 is 15.1 Å². The Balaban J connectivity index is 1.14. The minimum atomic E-state index is -0.644. The van der Waals surface area contributed by atoms with E-state index in [2.05, 4.69) is 40.5 Å². The smallest absolute Gasteiger partial charge is 0.255 e. The van der Waals surface area contributed by atoms with Crippen molar-refractivity contribution in [1.82, 2.24) is 15.1 Å². The molecular weight excluding hydrogens is 582 g/mol. The Labute approximate surface area is 267 Å². The number of carbonyl (C=O) groups is 5. The fourth-order valence-corrected chi connectivity index (χ4v) is 7.29. The number of aryl methyl sites for hydroxylation is 2. The second-order valence-corrected chi connectivity index (χ2v) is 12.9. The number of anilines is 2. The molecule has 0 bridgehead atoms. The van der Waals surface area contributed by atoms with Crippen LogP contribution in [0.4, 0.5) is 11.4 Å². The molecule has 236 valence electrons. The van der Waals surface area contributed by atoms with E-state index in [-0.39, 0.29) is 30.0 Å². The molecule has 1 unspecified atom stereocenters. The second-order valence-electron chi connectivity index (χ2n) is 12.9. The number of imide groups is 1. The van der Waals surface area contributed by atoms with E-state index < -0.39 is 11.9 Å². The number of rotatable bonds is 7. The molecule has 7 rings (SSSR count). The van der Waals surface area contributed by atoms with Crippen LogP contribution in [0.25, 0.3) is 0 Å². The first kappa shape index (κ1) is 29.9. The van der Waals surface area contributed by atoms with Crippen LogP contribution in [-0.2, 0) is 58.2 Å². The van der Waals surface area contributed by atoms with Crippen LogP contribution in [0.5, 0.6) is 0 Å². The van der Waals surface area contributed by atoms with Crippen LogP contribution in [0.3, 0.4) is 0 Å². The summed E-state index contributed by atoms with van der Waals surface area (Å²) in [6.45, 7) is 2.32. The summed E-state index contributed by atoms with van der Waals surface area (Å²) in [7, 11) is 3.65. The van der Waals surface area contributed by atoms with Gasteiger partial charge >= 0.3 is 0 Å². The standard InChI is InChI=1S/C36H37N5O5/c1-38-29-9-4-23(15-25(29)6-13-33(38)43)19-40(20-24-5-10-30-26(16-24)7-14-34(44)39(30)2)18-22-3-8-28-27(17-22)21-41(36(28)46)31-11-12-32(42)37-35(31)45/h3-5,8-10,15-17,31H,6-7,11-14,18-21H2,1-2H3,(H,37,42,45). The molecule has 1 atom stereocenters. The Morgan fingerprint density at radius 2 is 1.20 bits per heavy atom. The Morgan fingerprint density at radius 3 is 1.74 bits per heavy atom. The van der Waals surface area contributed by atoms with E-state index in [1.54, 1.807) is 14.7 Å². The van der Waals surface area contributed by atoms with Crippen molar-refractivity contribution in [1.29, 1.82) is 0 Å². The molecule has 10 nitrogen and oxygen atoms in total. The number of nitrogens with zero attached hydrogens (tertiary/aromatic N) is 4. The van der Waals surface area contributed by atoms with Crippen molar-refractivity contribution in [2.24, 2.45) is 0 Å². The zero-order valence-corrected chi connectivity index (χ0v) is 26.2. The van der Waals surface area contributed by atoms with Crippen molar-refractivity contribution in [3.63, 3.8) is 0 Å². The molecule has 3 aromatic rings. The summed E-state index contributed by atoms with van der Waals surface area (Å²) in [6, 6.07) is 17.9. The lowest BCUT2D eigenvalue weighted by Crippen LogP contribution is -2.52. The molecule has 4 aliphatic heterocycles. The maximum absolute atomic E-state index is 13.3. The lowest BCUT2D eigenvalue weighted by atomic mass is 9.98. The number of benzene rings is 3. The number of nitrogens with one attached hydrogen (secondary N) is 1. The molecule has 4 aliphatic rings. The molecule has 0 saturated carbocycles. The summed E-state index contributed by atoms with van der Waals surface area (Å²) in [4.78, 5) is 69.4. The highest BCUT2D eigenvalue weighted by Crippen LogP contribution is 2.32. The van der Waals surface area contributed by atoms with E-state index >= 15 is 0 Å². The van der Waals surface area contributed by atoms with Gasteiger partial charge in [0.1, 0.15) is 6.04 Å². The predicted octanol–water partition coefficient (Wildman–Crippen LogP) is 3.47. The maximum Gasteiger partial charge on any atom is 0.255 e. The Hall–Kier alpha value is -4.83. The number of amides is 5. The van der Waals surface area contributed by atoms with Gasteiger partial charge in [-0.15, -0.1) is 0 Å². The molecule has 1 fully saturated rings. The van der Waals surface area contributed by atoms with Gasteiger partial charge in [-0.1, -0.05) is 36.4 Å². The number of hydrogen-bond acceptors (Lipinski definition) is 6. The fourth-order valence-electron chi connectivity index (χ4n) is 7.29. The lowest BCUT2D eigenvalue weighted by Gasteiger charge is -2.29. The topological polar surface area (TPSA) is 110 Å². The third-order valence-corrected chi connectivity index (χ3v) is 9.78. The quantitative estimate of drug-likeness (QED) is 0.406. The van der Waals surface area contributed by atoms with Crippen LogP contribution in [0.2, 0.25) is 0 Å². The average Bonchev–Trinajstić information content (AvgIpc) is 3.36. The number of piperidine rings is 1. The van der Waals surface area contributed by atoms with Gasteiger partial charge in [0.05, 0.1) is 0 Å². The third kappa shape index (κ3) is 5.58. The molecule has 0 aromatic heterocycles. The normalized spacial score (nSPS) is 19.4. The van der Waals surface area contributed by atoms with E-state index in [1.807, 2.05) is 38.4 Å². The average molecular weight is 620 g/mol. The van der Waals surface area contributed by atoms with Crippen molar-refractivity contribution in [2.75, 3.05) is 23.9 Å². The third-order valence-electron chi connectivity index (χ3n) is 9.78. The van der Waals surface area contributed by atoms with Crippen molar-refractivity contribution in [2.45, 2.75) is 70.7 Å². The molecule has 0 spiro atoms. The summed E-state index contributed by atoms with van der Waals surface area (Å²) in [6.07, 6.45) is 3.03. The van der Waals surface area contributed by atoms with Gasteiger partial charge in [0.25, 0.3) is 5.91 Å². The van der Waals surface area contributed by atoms with Crippen molar-refractivity contribution < 1.29 is 24.0 Å². The van der Waals surface area contributed by atoms with Gasteiger partial charge in [-0.05, 0) is 70.8 Å². The van der Waals surface area contributed by atoms with Crippen LogP contribution in [0.15, 0.2) is 54.6 Å². The van der Waals surface area contributed by atoms with Crippen molar-refractivity contribution in [3.05, 3.63) is 93.5 Å². The molecule has 5 amide bonds. The van der Waals surface area contributed by atoms with E-state index in [9.17, 15) is 24.0 Å². The molecule has 0 radical (unpaired) electrons. The largest absolute Gasteiger partial charge is 0.322 e. The molecule has 1 N–H and O–H groups in total. The Kier molecular flexibility index (Phi) is 7.68. The Morgan fingerprint density at radius 1 is 0.674 bits per heavy atom. The molecule has 1 saturated heterocycles. The Bertz CT molecular complexity index is 1730. The molecule has 0 aliphatic carbocycles. The lowest BCUT2D eigenvalue weighted by molar-refractivity contribution is -0.137. The van der Waals surface area contributed by atoms with E-state index in [1.165, 1.54) is 11.1 Å². The van der Waals surface area contributed by atoms with E-state index in [0.29, 0.717) is 51.0 Å². The minimum Gasteiger partial charge on any atom is -0.322 e. The molecule has 3 aromatic carbocycles. The van der Waals surface area contributed by atoms with Gasteiger partial charge in [0.2, 0.25) is 23.6 Å². The highest BCUT2D eigenvalue weighted by Gasteiger charge is 2.39. The fraction of sp³-hybridized carbons (Fsp3) is 0.361. The number of carbonyl (C=O) groups excluding carboxylic acids is 5. The first-order chi connectivity index (χ1) is 22.1. The summed E-state index contributed by atoms with van der Waals surface area (Å²) in [5.74, 6) is -0.625. The first-order valence-electron chi connectivity index (χ1n) is 15.9. The molecule has 10 heteroatoms. The zero-order valence-electron chi connectivity index (χ0n) is 26.2. The minimum absolute atomic E-state index is 0.132. The SMILES string of the molecule is CN1C(=O)CCc2cc(CN(Cc3ccc4c(c3)CN(C3CCC(=O)NC3=O)C4=O)Cc3ccc4c(c3)CCC(=O)N4C)ccc21. The van der Waals surface area contributed by atoms with Gasteiger partial charge < -0.3 is 14.7 Å². The zero-order chi connectivity index (χ0) is 32.1. The molecule has 4 heterocycles. The molecular formula is C36H37N5O5. The van der Waals surface area contributed by atoms with Crippen molar-refractivity contribution in [3.8, 4) is 0 Å². The van der Waals surface area contributed by atoms with Crippen LogP contribution in [0, 0.1) is 0 Å². The summed E-state index contributed by atoms with van der Waals surface area (Å²) in [5, 5.41) is 2.37. The van der Waals surface area contributed by atoms with Crippen LogP contribution in [0.1, 0.15) is 69.4 Å². The van der Waals surface area contributed by atoms with Crippen LogP contribution in [-0.4, -0.2) is 59.5 Å². The van der Waals surface area contributed by atoms with Crippen molar-refractivity contribution >= 4 is 40.9 Å². The highest BCUT2D eigenvalue weighted by atomic mass is 16.2. The van der Waals surface area contributed by atoms with E-state index in [0.717, 1.165) is 46.5 Å². The monoisotopic (exact) mass is 619 g/mol.